The number of thiophene rings is 1. The van der Waals surface area contributed by atoms with Crippen molar-refractivity contribution in [2.45, 2.75) is 27.7 Å². The van der Waals surface area contributed by atoms with Crippen molar-refractivity contribution in [3.05, 3.63) is 39.9 Å². The summed E-state index contributed by atoms with van der Waals surface area (Å²) in [5.41, 5.74) is 4.25. The maximum Gasteiger partial charge on any atom is 0.348 e. The number of aryl methyl sites for hydroxylation is 2. The first-order chi connectivity index (χ1) is 11.5. The van der Waals surface area contributed by atoms with Gasteiger partial charge >= 0.3 is 11.9 Å². The molecule has 126 valence electrons. The second kappa shape index (κ2) is 6.28. The van der Waals surface area contributed by atoms with Crippen LogP contribution < -0.4 is 0 Å². The lowest BCUT2D eigenvalue weighted by Crippen LogP contribution is -2.05. The minimum absolute atomic E-state index is 0.304. The Kier molecular flexibility index (Phi) is 4.32. The summed E-state index contributed by atoms with van der Waals surface area (Å²) in [5.74, 6) is -0.735. The molecule has 0 atom stereocenters. The number of fused-ring (bicyclic) bond motifs is 3. The molecule has 0 unspecified atom stereocenters. The third-order valence-electron chi connectivity index (χ3n) is 3.78. The number of pyridine rings is 1. The number of hydrogen-bond donors (Lipinski definition) is 0. The van der Waals surface area contributed by atoms with Crippen LogP contribution in [0.3, 0.4) is 0 Å². The highest BCUT2D eigenvalue weighted by molar-refractivity contribution is 7.21. The van der Waals surface area contributed by atoms with Gasteiger partial charge in [0.05, 0.1) is 28.9 Å². The van der Waals surface area contributed by atoms with E-state index in [4.69, 9.17) is 9.47 Å². The number of esters is 2. The lowest BCUT2D eigenvalue weighted by Gasteiger charge is -2.06. The number of carbonyl (C=O) groups excluding carboxylic acids is 2. The highest BCUT2D eigenvalue weighted by atomic mass is 32.1. The van der Waals surface area contributed by atoms with Gasteiger partial charge in [0.1, 0.15) is 10.4 Å². The van der Waals surface area contributed by atoms with E-state index in [0.29, 0.717) is 23.7 Å². The Bertz CT molecular complexity index is 951. The average molecular weight is 345 g/mol. The number of hydrogen-bond acceptors (Lipinski definition) is 5. The van der Waals surface area contributed by atoms with Gasteiger partial charge < -0.3 is 13.9 Å². The summed E-state index contributed by atoms with van der Waals surface area (Å²) < 4.78 is 13.0. The number of nitrogens with zero attached hydrogens (tertiary/aromatic N) is 1. The average Bonchev–Trinajstić information content (AvgIpc) is 3.05. The molecule has 0 spiro atoms. The highest BCUT2D eigenvalue weighted by Crippen LogP contribution is 2.36. The molecule has 0 fully saturated rings. The van der Waals surface area contributed by atoms with E-state index >= 15 is 0 Å². The van der Waals surface area contributed by atoms with Crippen molar-refractivity contribution < 1.29 is 19.1 Å². The van der Waals surface area contributed by atoms with E-state index < -0.39 is 0 Å². The molecule has 3 rings (SSSR count). The van der Waals surface area contributed by atoms with E-state index in [-0.39, 0.29) is 11.9 Å². The molecule has 0 amide bonds. The van der Waals surface area contributed by atoms with Crippen LogP contribution in [0.4, 0.5) is 0 Å². The smallest absolute Gasteiger partial charge is 0.348 e. The van der Waals surface area contributed by atoms with Crippen molar-refractivity contribution in [2.24, 2.45) is 0 Å². The van der Waals surface area contributed by atoms with Crippen molar-refractivity contribution in [1.82, 2.24) is 4.40 Å². The summed E-state index contributed by atoms with van der Waals surface area (Å²) in [5, 5.41) is 0. The molecule has 24 heavy (non-hydrogen) atoms. The number of ether oxygens (including phenoxy) is 2. The molecule has 0 saturated carbocycles. The summed E-state index contributed by atoms with van der Waals surface area (Å²) in [4.78, 5) is 25.1. The molecule has 0 aliphatic heterocycles. The molecule has 0 aromatic carbocycles. The van der Waals surface area contributed by atoms with Gasteiger partial charge in [-0.15, -0.1) is 11.3 Å². The Hall–Kier alpha value is -2.34. The molecule has 0 aliphatic carbocycles. The fraction of sp³-hybridized carbons (Fsp3) is 0.333. The second-order valence-corrected chi connectivity index (χ2v) is 6.61. The number of aromatic nitrogens is 1. The molecule has 5 nitrogen and oxygen atoms in total. The predicted molar refractivity (Wildman–Crippen MR) is 94.2 cm³/mol. The summed E-state index contributed by atoms with van der Waals surface area (Å²) in [6.07, 6.45) is 1.97. The Morgan fingerprint density at radius 1 is 1.08 bits per heavy atom. The normalized spacial score (nSPS) is 11.2. The van der Waals surface area contributed by atoms with Crippen LogP contribution in [-0.2, 0) is 9.47 Å². The number of carbonyl (C=O) groups is 2. The van der Waals surface area contributed by atoms with Crippen LogP contribution in [0.1, 0.15) is 45.0 Å². The van der Waals surface area contributed by atoms with Crippen molar-refractivity contribution >= 4 is 39.0 Å². The number of rotatable bonds is 4. The van der Waals surface area contributed by atoms with Gasteiger partial charge in [0.15, 0.2) is 0 Å². The largest absolute Gasteiger partial charge is 0.462 e. The van der Waals surface area contributed by atoms with Crippen LogP contribution in [0.2, 0.25) is 0 Å². The zero-order valence-electron chi connectivity index (χ0n) is 14.1. The summed E-state index contributed by atoms with van der Waals surface area (Å²) in [6, 6.07) is 3.82. The Morgan fingerprint density at radius 2 is 1.75 bits per heavy atom. The molecule has 0 bridgehead atoms. The summed E-state index contributed by atoms with van der Waals surface area (Å²) in [7, 11) is 0. The third-order valence-corrected chi connectivity index (χ3v) is 4.91. The lowest BCUT2D eigenvalue weighted by atomic mass is 10.1. The predicted octanol–water partition coefficient (Wildman–Crippen LogP) is 4.12. The SMILES string of the molecule is CCOC(=O)c1cc2c(s1)c(C(=O)OCC)c1c(C)cc(C)cn12. The maximum absolute atomic E-state index is 12.5. The molecule has 3 aromatic heterocycles. The minimum atomic E-state index is -0.369. The fourth-order valence-corrected chi connectivity index (χ4v) is 4.03. The highest BCUT2D eigenvalue weighted by Gasteiger charge is 2.25. The molecule has 0 N–H and O–H groups in total. The van der Waals surface area contributed by atoms with Gasteiger partial charge in [-0.25, -0.2) is 9.59 Å². The third kappa shape index (κ3) is 2.57. The van der Waals surface area contributed by atoms with E-state index in [2.05, 4.69) is 0 Å². The first kappa shape index (κ1) is 16.5. The molecule has 0 aliphatic rings. The van der Waals surface area contributed by atoms with Crippen LogP contribution >= 0.6 is 11.3 Å². The molecule has 0 radical (unpaired) electrons. The molecule has 3 aromatic rings. The molecule has 6 heteroatoms. The van der Waals surface area contributed by atoms with Crippen LogP contribution in [-0.4, -0.2) is 29.6 Å². The zero-order chi connectivity index (χ0) is 17.4. The summed E-state index contributed by atoms with van der Waals surface area (Å²) >= 11 is 1.27. The van der Waals surface area contributed by atoms with Gasteiger partial charge in [-0.2, -0.15) is 0 Å². The van der Waals surface area contributed by atoms with Gasteiger partial charge in [-0.05, 0) is 44.9 Å². The van der Waals surface area contributed by atoms with E-state index in [1.165, 1.54) is 11.3 Å². The van der Waals surface area contributed by atoms with Gasteiger partial charge in [-0.1, -0.05) is 6.07 Å². The van der Waals surface area contributed by atoms with E-state index in [0.717, 1.165) is 26.9 Å². The standard InChI is InChI=1S/C18H19NO4S/c1-5-22-17(20)13-8-12-16(24-13)14(18(21)23-6-2)15-11(4)7-10(3)9-19(12)15/h7-9H,5-6H2,1-4H3. The van der Waals surface area contributed by atoms with Crippen molar-refractivity contribution in [1.29, 1.82) is 0 Å². The lowest BCUT2D eigenvalue weighted by molar-refractivity contribution is 0.0521. The van der Waals surface area contributed by atoms with Gasteiger partial charge in [-0.3, -0.25) is 0 Å². The van der Waals surface area contributed by atoms with Crippen LogP contribution in [0.15, 0.2) is 18.3 Å². The fourth-order valence-electron chi connectivity index (χ4n) is 2.96. The quantitative estimate of drug-likeness (QED) is 0.667. The van der Waals surface area contributed by atoms with Crippen LogP contribution in [0.25, 0.3) is 15.7 Å². The van der Waals surface area contributed by atoms with E-state index in [1.807, 2.05) is 30.5 Å². The minimum Gasteiger partial charge on any atom is -0.462 e. The van der Waals surface area contributed by atoms with E-state index in [1.54, 1.807) is 19.9 Å². The maximum atomic E-state index is 12.5. The first-order valence-corrected chi connectivity index (χ1v) is 8.68. The van der Waals surface area contributed by atoms with Gasteiger partial charge in [0.25, 0.3) is 0 Å². The zero-order valence-corrected chi connectivity index (χ0v) is 15.0. The summed E-state index contributed by atoms with van der Waals surface area (Å²) in [6.45, 7) is 8.15. The topological polar surface area (TPSA) is 57.0 Å². The van der Waals surface area contributed by atoms with Crippen molar-refractivity contribution in [3.63, 3.8) is 0 Å². The monoisotopic (exact) mass is 345 g/mol. The first-order valence-electron chi connectivity index (χ1n) is 7.87. The van der Waals surface area contributed by atoms with Crippen molar-refractivity contribution in [3.8, 4) is 0 Å². The van der Waals surface area contributed by atoms with Crippen LogP contribution in [0.5, 0.6) is 0 Å². The van der Waals surface area contributed by atoms with Gasteiger partial charge in [0.2, 0.25) is 0 Å². The van der Waals surface area contributed by atoms with Crippen molar-refractivity contribution in [2.75, 3.05) is 13.2 Å². The molecule has 0 saturated heterocycles. The molecular weight excluding hydrogens is 326 g/mol. The Balaban J connectivity index is 2.34. The van der Waals surface area contributed by atoms with E-state index in [9.17, 15) is 9.59 Å². The van der Waals surface area contributed by atoms with Gasteiger partial charge in [0, 0.05) is 6.20 Å². The molecular formula is C18H19NO4S. The Labute approximate surface area is 143 Å². The second-order valence-electron chi connectivity index (χ2n) is 5.56. The Morgan fingerprint density at radius 3 is 2.42 bits per heavy atom. The molecule has 3 heterocycles. The van der Waals surface area contributed by atoms with Crippen LogP contribution in [0, 0.1) is 13.8 Å².